The molecule has 0 unspecified atom stereocenters. The first-order chi connectivity index (χ1) is 18.9. The fraction of sp³-hybridized carbons (Fsp3) is 0.0968. The molecule has 0 aliphatic carbocycles. The third-order valence-electron chi connectivity index (χ3n) is 5.98. The van der Waals surface area contributed by atoms with Crippen molar-refractivity contribution in [3.8, 4) is 11.5 Å². The molecule has 0 spiro atoms. The molecule has 198 valence electrons. The first kappa shape index (κ1) is 26.9. The minimum atomic E-state index is -0.454. The summed E-state index contributed by atoms with van der Waals surface area (Å²) in [6.07, 6.45) is 1.66. The summed E-state index contributed by atoms with van der Waals surface area (Å²) in [6.45, 7) is 0.199. The second-order valence-corrected chi connectivity index (χ2v) is 8.60. The second kappa shape index (κ2) is 12.4. The van der Waals surface area contributed by atoms with Crippen LogP contribution in [0.5, 0.6) is 11.5 Å². The van der Waals surface area contributed by atoms with E-state index in [2.05, 4.69) is 10.6 Å². The Morgan fingerprint density at radius 3 is 2.28 bits per heavy atom. The second-order valence-electron chi connectivity index (χ2n) is 8.60. The number of amides is 2. The van der Waals surface area contributed by atoms with Crippen LogP contribution in [-0.2, 0) is 11.3 Å². The molecule has 0 saturated heterocycles. The maximum absolute atomic E-state index is 14.0. The molecule has 0 radical (unpaired) electrons. The highest BCUT2D eigenvalue weighted by Crippen LogP contribution is 2.30. The maximum Gasteiger partial charge on any atom is 0.255 e. The highest BCUT2D eigenvalue weighted by atomic mass is 19.1. The molecular weight excluding hydrogens is 497 g/mol. The van der Waals surface area contributed by atoms with Crippen LogP contribution < -0.4 is 25.8 Å². The van der Waals surface area contributed by atoms with Gasteiger partial charge in [-0.25, -0.2) is 4.39 Å². The number of halogens is 1. The molecule has 0 saturated carbocycles. The van der Waals surface area contributed by atoms with Crippen LogP contribution in [0.2, 0.25) is 0 Å². The molecule has 0 heterocycles. The van der Waals surface area contributed by atoms with Gasteiger partial charge in [-0.05, 0) is 71.3 Å². The number of anilines is 2. The Hall–Kier alpha value is -5.11. The fourth-order valence-corrected chi connectivity index (χ4v) is 3.90. The van der Waals surface area contributed by atoms with E-state index in [-0.39, 0.29) is 18.0 Å². The summed E-state index contributed by atoms with van der Waals surface area (Å²) < 4.78 is 24.7. The number of benzene rings is 4. The van der Waals surface area contributed by atoms with Crippen LogP contribution in [0.25, 0.3) is 11.6 Å². The lowest BCUT2D eigenvalue weighted by Crippen LogP contribution is -2.24. The van der Waals surface area contributed by atoms with E-state index in [0.29, 0.717) is 39.6 Å². The highest BCUT2D eigenvalue weighted by Gasteiger charge is 2.15. The van der Waals surface area contributed by atoms with E-state index >= 15 is 0 Å². The van der Waals surface area contributed by atoms with E-state index in [9.17, 15) is 14.0 Å². The zero-order chi connectivity index (χ0) is 27.8. The standard InChI is InChI=1S/C31H28FN3O4/c1-38-28-15-12-21(17-29(28)39-2)16-25(23-6-5-7-24(32)18-23)31(37)34-19-20-10-13-22(14-11-20)30(36)35-27-9-4-3-8-26(27)33/h3-18H,19,33H2,1-2H3,(H,34,37)(H,35,36). The monoisotopic (exact) mass is 525 g/mol. The topological polar surface area (TPSA) is 103 Å². The van der Waals surface area contributed by atoms with Gasteiger partial charge in [-0.15, -0.1) is 0 Å². The van der Waals surface area contributed by atoms with Crippen LogP contribution in [0.15, 0.2) is 91.0 Å². The lowest BCUT2D eigenvalue weighted by atomic mass is 10.0. The number of carbonyl (C=O) groups excluding carboxylic acids is 2. The fourth-order valence-electron chi connectivity index (χ4n) is 3.90. The van der Waals surface area contributed by atoms with Crippen LogP contribution in [0.3, 0.4) is 0 Å². The van der Waals surface area contributed by atoms with Gasteiger partial charge in [-0.1, -0.05) is 42.5 Å². The van der Waals surface area contributed by atoms with Crippen LogP contribution in [0.1, 0.15) is 27.0 Å². The number of rotatable bonds is 9. The van der Waals surface area contributed by atoms with E-state index in [1.807, 2.05) is 0 Å². The molecule has 7 nitrogen and oxygen atoms in total. The van der Waals surface area contributed by atoms with E-state index in [1.54, 1.807) is 84.9 Å². The van der Waals surface area contributed by atoms with Crippen molar-refractivity contribution in [3.05, 3.63) is 119 Å². The average Bonchev–Trinajstić information content (AvgIpc) is 2.96. The number of methoxy groups -OCH3 is 2. The third kappa shape index (κ3) is 6.81. The van der Waals surface area contributed by atoms with Crippen molar-refractivity contribution in [3.63, 3.8) is 0 Å². The SMILES string of the molecule is COc1ccc(C=C(C(=O)NCc2ccc(C(=O)Nc3ccccc3N)cc2)c2cccc(F)c2)cc1OC. The zero-order valence-electron chi connectivity index (χ0n) is 21.5. The zero-order valence-corrected chi connectivity index (χ0v) is 21.5. The van der Waals surface area contributed by atoms with Gasteiger partial charge in [-0.2, -0.15) is 0 Å². The smallest absolute Gasteiger partial charge is 0.255 e. The summed E-state index contributed by atoms with van der Waals surface area (Å²) in [7, 11) is 3.06. The van der Waals surface area contributed by atoms with E-state index < -0.39 is 11.7 Å². The third-order valence-corrected chi connectivity index (χ3v) is 5.98. The molecule has 0 aromatic heterocycles. The number of hydrogen-bond acceptors (Lipinski definition) is 5. The Morgan fingerprint density at radius 1 is 0.846 bits per heavy atom. The lowest BCUT2D eigenvalue weighted by molar-refractivity contribution is -0.115. The summed E-state index contributed by atoms with van der Waals surface area (Å²) in [5.41, 5.74) is 9.51. The van der Waals surface area contributed by atoms with E-state index in [0.717, 1.165) is 5.56 Å². The van der Waals surface area contributed by atoms with Gasteiger partial charge in [0, 0.05) is 17.7 Å². The summed E-state index contributed by atoms with van der Waals surface area (Å²) in [5, 5.41) is 5.67. The van der Waals surface area contributed by atoms with Crippen molar-refractivity contribution >= 4 is 34.8 Å². The molecule has 0 atom stereocenters. The summed E-state index contributed by atoms with van der Waals surface area (Å²) in [6, 6.07) is 24.9. The number of hydrogen-bond donors (Lipinski definition) is 3. The molecule has 4 aromatic carbocycles. The summed E-state index contributed by atoms with van der Waals surface area (Å²) >= 11 is 0. The minimum absolute atomic E-state index is 0.199. The van der Waals surface area contributed by atoms with Gasteiger partial charge in [0.05, 0.1) is 25.6 Å². The number of nitrogen functional groups attached to an aromatic ring is 1. The van der Waals surface area contributed by atoms with Gasteiger partial charge in [0.25, 0.3) is 11.8 Å². The average molecular weight is 526 g/mol. The Morgan fingerprint density at radius 2 is 1.59 bits per heavy atom. The summed E-state index contributed by atoms with van der Waals surface area (Å²) in [5.74, 6) is -0.0868. The molecule has 0 bridgehead atoms. The molecule has 8 heteroatoms. The molecule has 0 aliphatic rings. The molecule has 4 N–H and O–H groups in total. The maximum atomic E-state index is 14.0. The first-order valence-corrected chi connectivity index (χ1v) is 12.1. The van der Waals surface area contributed by atoms with Gasteiger partial charge in [-0.3, -0.25) is 9.59 Å². The van der Waals surface area contributed by atoms with Gasteiger partial charge in [0.15, 0.2) is 11.5 Å². The van der Waals surface area contributed by atoms with Crippen LogP contribution in [0.4, 0.5) is 15.8 Å². The molecule has 0 fully saturated rings. The van der Waals surface area contributed by atoms with Gasteiger partial charge in [0.1, 0.15) is 5.82 Å². The predicted octanol–water partition coefficient (Wildman–Crippen LogP) is 5.53. The largest absolute Gasteiger partial charge is 0.493 e. The normalized spacial score (nSPS) is 11.0. The number of ether oxygens (including phenoxy) is 2. The molecule has 4 aromatic rings. The van der Waals surface area contributed by atoms with Gasteiger partial charge in [0.2, 0.25) is 0 Å². The van der Waals surface area contributed by atoms with Crippen LogP contribution in [-0.4, -0.2) is 26.0 Å². The van der Waals surface area contributed by atoms with Gasteiger partial charge < -0.3 is 25.8 Å². The molecule has 0 aliphatic heterocycles. The van der Waals surface area contributed by atoms with Crippen molar-refractivity contribution in [2.45, 2.75) is 6.54 Å². The highest BCUT2D eigenvalue weighted by molar-refractivity contribution is 6.24. The Bertz CT molecular complexity index is 1520. The number of nitrogens with one attached hydrogen (secondary N) is 2. The Balaban J connectivity index is 1.50. The predicted molar refractivity (Wildman–Crippen MR) is 151 cm³/mol. The van der Waals surface area contributed by atoms with Crippen molar-refractivity contribution in [2.24, 2.45) is 0 Å². The van der Waals surface area contributed by atoms with Crippen molar-refractivity contribution in [1.29, 1.82) is 0 Å². The Kier molecular flexibility index (Phi) is 8.58. The van der Waals surface area contributed by atoms with Crippen molar-refractivity contribution in [2.75, 3.05) is 25.3 Å². The van der Waals surface area contributed by atoms with Crippen molar-refractivity contribution < 1.29 is 23.5 Å². The molecule has 39 heavy (non-hydrogen) atoms. The molecule has 2 amide bonds. The first-order valence-electron chi connectivity index (χ1n) is 12.1. The quantitative estimate of drug-likeness (QED) is 0.151. The number of para-hydroxylation sites is 2. The van der Waals surface area contributed by atoms with E-state index in [4.69, 9.17) is 15.2 Å². The number of carbonyl (C=O) groups is 2. The lowest BCUT2D eigenvalue weighted by Gasteiger charge is -2.12. The Labute approximate surface area is 226 Å². The van der Waals surface area contributed by atoms with Crippen molar-refractivity contribution in [1.82, 2.24) is 5.32 Å². The molecular formula is C31H28FN3O4. The van der Waals surface area contributed by atoms with Crippen LogP contribution in [0, 0.1) is 5.82 Å². The summed E-state index contributed by atoms with van der Waals surface area (Å²) in [4.78, 5) is 25.9. The van der Waals surface area contributed by atoms with Gasteiger partial charge >= 0.3 is 0 Å². The minimum Gasteiger partial charge on any atom is -0.493 e. The molecule has 4 rings (SSSR count). The van der Waals surface area contributed by atoms with E-state index in [1.165, 1.54) is 26.4 Å². The number of nitrogens with two attached hydrogens (primary N) is 1. The van der Waals surface area contributed by atoms with Crippen LogP contribution >= 0.6 is 0 Å².